The van der Waals surface area contributed by atoms with Crippen molar-refractivity contribution in [3.8, 4) is 6.07 Å². The minimum absolute atomic E-state index is 0.323. The smallest absolute Gasteiger partial charge is 0.101 e. The van der Waals surface area contributed by atoms with Crippen LogP contribution in [0.1, 0.15) is 18.4 Å². The topological polar surface area (TPSA) is 47.3 Å². The van der Waals surface area contributed by atoms with Gasteiger partial charge in [-0.15, -0.1) is 0 Å². The zero-order valence-electron chi connectivity index (χ0n) is 8.86. The van der Waals surface area contributed by atoms with E-state index >= 15 is 0 Å². The zero-order valence-corrected chi connectivity index (χ0v) is 9.61. The van der Waals surface area contributed by atoms with Gasteiger partial charge in [0.2, 0.25) is 0 Å². The van der Waals surface area contributed by atoms with E-state index in [4.69, 9.17) is 16.9 Å². The van der Waals surface area contributed by atoms with E-state index in [2.05, 4.69) is 6.07 Å². The molecule has 0 amide bonds. The van der Waals surface area contributed by atoms with Crippen LogP contribution in [0.4, 0.5) is 5.69 Å². The second-order valence-electron chi connectivity index (χ2n) is 3.99. The lowest BCUT2D eigenvalue weighted by Crippen LogP contribution is -2.38. The molecule has 1 unspecified atom stereocenters. The van der Waals surface area contributed by atoms with Crippen LogP contribution in [0, 0.1) is 11.3 Å². The van der Waals surface area contributed by atoms with Gasteiger partial charge in [0.05, 0.1) is 22.4 Å². The van der Waals surface area contributed by atoms with Gasteiger partial charge in [-0.05, 0) is 25.0 Å². The number of nitriles is 1. The monoisotopic (exact) mass is 236 g/mol. The number of rotatable bonds is 1. The predicted octanol–water partition coefficient (Wildman–Crippen LogP) is 2.17. The number of hydrogen-bond donors (Lipinski definition) is 1. The third-order valence-corrected chi connectivity index (χ3v) is 3.12. The van der Waals surface area contributed by atoms with Gasteiger partial charge in [0, 0.05) is 13.1 Å². The number of halogens is 1. The number of anilines is 1. The lowest BCUT2D eigenvalue weighted by Gasteiger charge is -2.33. The first kappa shape index (κ1) is 11.3. The van der Waals surface area contributed by atoms with Crippen molar-refractivity contribution in [1.82, 2.24) is 0 Å². The molecule has 0 radical (unpaired) electrons. The summed E-state index contributed by atoms with van der Waals surface area (Å²) < 4.78 is 0. The Bertz CT molecular complexity index is 428. The molecule has 1 atom stereocenters. The number of hydrogen-bond acceptors (Lipinski definition) is 3. The lowest BCUT2D eigenvalue weighted by atomic mass is 10.1. The van der Waals surface area contributed by atoms with E-state index < -0.39 is 0 Å². The first-order chi connectivity index (χ1) is 7.72. The van der Waals surface area contributed by atoms with E-state index in [0.29, 0.717) is 17.1 Å². The Morgan fingerprint density at radius 3 is 3.00 bits per heavy atom. The Morgan fingerprint density at radius 1 is 1.50 bits per heavy atom. The molecule has 0 saturated carbocycles. The van der Waals surface area contributed by atoms with Crippen molar-refractivity contribution in [1.29, 1.82) is 5.26 Å². The molecule has 1 saturated heterocycles. The van der Waals surface area contributed by atoms with Crippen molar-refractivity contribution in [3.63, 3.8) is 0 Å². The van der Waals surface area contributed by atoms with Gasteiger partial charge >= 0.3 is 0 Å². The molecule has 1 aliphatic rings. The number of aliphatic hydroxyl groups is 1. The number of piperidine rings is 1. The summed E-state index contributed by atoms with van der Waals surface area (Å²) in [5.74, 6) is 0. The van der Waals surface area contributed by atoms with Gasteiger partial charge in [0.25, 0.3) is 0 Å². The highest BCUT2D eigenvalue weighted by Crippen LogP contribution is 2.31. The summed E-state index contributed by atoms with van der Waals surface area (Å²) in [7, 11) is 0. The highest BCUT2D eigenvalue weighted by atomic mass is 35.5. The molecule has 3 nitrogen and oxygen atoms in total. The Labute approximate surface area is 99.9 Å². The lowest BCUT2D eigenvalue weighted by molar-refractivity contribution is 0.154. The van der Waals surface area contributed by atoms with Gasteiger partial charge in [-0.2, -0.15) is 5.26 Å². The van der Waals surface area contributed by atoms with Gasteiger partial charge in [0.1, 0.15) is 6.07 Å². The van der Waals surface area contributed by atoms with Gasteiger partial charge in [0.15, 0.2) is 0 Å². The molecule has 2 rings (SSSR count). The summed E-state index contributed by atoms with van der Waals surface area (Å²) in [5, 5.41) is 19.2. The molecule has 1 fully saturated rings. The van der Waals surface area contributed by atoms with Crippen LogP contribution in [-0.4, -0.2) is 24.3 Å². The second-order valence-corrected chi connectivity index (χ2v) is 4.40. The summed E-state index contributed by atoms with van der Waals surface area (Å²) >= 11 is 6.11. The fraction of sp³-hybridized carbons (Fsp3) is 0.417. The molecule has 0 aromatic heterocycles. The molecular formula is C12H13ClN2O. The third-order valence-electron chi connectivity index (χ3n) is 2.82. The van der Waals surface area contributed by atoms with Gasteiger partial charge in [-0.1, -0.05) is 17.7 Å². The van der Waals surface area contributed by atoms with Crippen molar-refractivity contribution in [3.05, 3.63) is 28.8 Å². The van der Waals surface area contributed by atoms with E-state index in [9.17, 15) is 5.11 Å². The number of benzene rings is 1. The maximum atomic E-state index is 9.63. The molecular weight excluding hydrogens is 224 g/mol. The highest BCUT2D eigenvalue weighted by Gasteiger charge is 2.21. The van der Waals surface area contributed by atoms with Gasteiger partial charge < -0.3 is 10.0 Å². The van der Waals surface area contributed by atoms with Crippen molar-refractivity contribution >= 4 is 17.3 Å². The normalized spacial score (nSPS) is 20.6. The minimum Gasteiger partial charge on any atom is -0.391 e. The fourth-order valence-corrected chi connectivity index (χ4v) is 2.38. The van der Waals surface area contributed by atoms with E-state index in [1.807, 2.05) is 4.90 Å². The van der Waals surface area contributed by atoms with Crippen molar-refractivity contribution < 1.29 is 5.11 Å². The predicted molar refractivity (Wildman–Crippen MR) is 63.6 cm³/mol. The second kappa shape index (κ2) is 4.73. The van der Waals surface area contributed by atoms with Crippen LogP contribution in [0.25, 0.3) is 0 Å². The van der Waals surface area contributed by atoms with Crippen molar-refractivity contribution in [2.45, 2.75) is 18.9 Å². The maximum Gasteiger partial charge on any atom is 0.101 e. The summed E-state index contributed by atoms with van der Waals surface area (Å²) in [6.07, 6.45) is 1.43. The van der Waals surface area contributed by atoms with Gasteiger partial charge in [-0.25, -0.2) is 0 Å². The molecule has 1 aliphatic heterocycles. The average Bonchev–Trinajstić information content (AvgIpc) is 2.28. The number of nitrogens with zero attached hydrogens (tertiary/aromatic N) is 2. The van der Waals surface area contributed by atoms with Crippen molar-refractivity contribution in [2.24, 2.45) is 0 Å². The van der Waals surface area contributed by atoms with E-state index in [1.54, 1.807) is 18.2 Å². The van der Waals surface area contributed by atoms with Gasteiger partial charge in [-0.3, -0.25) is 0 Å². The molecule has 0 aliphatic carbocycles. The zero-order chi connectivity index (χ0) is 11.5. The molecule has 0 spiro atoms. The Morgan fingerprint density at radius 2 is 2.31 bits per heavy atom. The maximum absolute atomic E-state index is 9.63. The molecule has 1 aromatic carbocycles. The Balaban J connectivity index is 2.35. The Kier molecular flexibility index (Phi) is 3.33. The molecule has 1 N–H and O–H groups in total. The molecule has 1 heterocycles. The standard InChI is InChI=1S/C12H13ClN2O/c13-11-5-1-3-9(7-14)12(11)15-6-2-4-10(16)8-15/h1,3,5,10,16H,2,4,6,8H2. The number of para-hydroxylation sites is 1. The molecule has 16 heavy (non-hydrogen) atoms. The first-order valence-electron chi connectivity index (χ1n) is 5.34. The molecule has 4 heteroatoms. The Hall–Kier alpha value is -1.24. The quantitative estimate of drug-likeness (QED) is 0.813. The van der Waals surface area contributed by atoms with Crippen molar-refractivity contribution in [2.75, 3.05) is 18.0 Å². The van der Waals surface area contributed by atoms with Crippen LogP contribution in [0.2, 0.25) is 5.02 Å². The summed E-state index contributed by atoms with van der Waals surface area (Å²) in [5.41, 5.74) is 1.33. The molecule has 1 aromatic rings. The largest absolute Gasteiger partial charge is 0.391 e. The van der Waals surface area contributed by atoms with Crippen LogP contribution in [-0.2, 0) is 0 Å². The number of β-amino-alcohol motifs (C(OH)–C–C–N with tert-alkyl or cyclic N) is 1. The summed E-state index contributed by atoms with van der Waals surface area (Å²) in [6, 6.07) is 7.44. The minimum atomic E-state index is -0.323. The fourth-order valence-electron chi connectivity index (χ4n) is 2.08. The average molecular weight is 237 g/mol. The third kappa shape index (κ3) is 2.13. The van der Waals surface area contributed by atoms with Crippen LogP contribution < -0.4 is 4.90 Å². The van der Waals surface area contributed by atoms with Crippen LogP contribution in [0.3, 0.4) is 0 Å². The number of aliphatic hydroxyl groups excluding tert-OH is 1. The SMILES string of the molecule is N#Cc1cccc(Cl)c1N1CCCC(O)C1. The summed E-state index contributed by atoms with van der Waals surface area (Å²) in [4.78, 5) is 2.00. The van der Waals surface area contributed by atoms with E-state index in [-0.39, 0.29) is 6.10 Å². The van der Waals surface area contributed by atoms with E-state index in [0.717, 1.165) is 25.1 Å². The molecule has 84 valence electrons. The summed E-state index contributed by atoms with van der Waals surface area (Å²) in [6.45, 7) is 1.40. The molecule has 0 bridgehead atoms. The van der Waals surface area contributed by atoms with Crippen LogP contribution in [0.5, 0.6) is 0 Å². The highest BCUT2D eigenvalue weighted by molar-refractivity contribution is 6.33. The van der Waals surface area contributed by atoms with Crippen LogP contribution in [0.15, 0.2) is 18.2 Å². The van der Waals surface area contributed by atoms with E-state index in [1.165, 1.54) is 0 Å². The first-order valence-corrected chi connectivity index (χ1v) is 5.72. The van der Waals surface area contributed by atoms with Crippen LogP contribution >= 0.6 is 11.6 Å².